The molecule has 5 nitrogen and oxygen atoms in total. The highest BCUT2D eigenvalue weighted by molar-refractivity contribution is 5.83. The molecule has 130 valence electrons. The number of rotatable bonds is 5. The van der Waals surface area contributed by atoms with E-state index in [2.05, 4.69) is 0 Å². The first-order chi connectivity index (χ1) is 11.1. The fraction of sp³-hybridized carbons (Fsp3) is 0.333. The maximum Gasteiger partial charge on any atom is 0.449 e. The third-order valence-electron chi connectivity index (χ3n) is 3.64. The molecule has 2 rings (SSSR count). The number of anilines is 1. The van der Waals surface area contributed by atoms with Crippen LogP contribution in [0.25, 0.3) is 5.69 Å². The molecular weight excluding hydrogens is 330 g/mol. The molecule has 0 bridgehead atoms. The number of benzene rings is 1. The molecule has 0 aliphatic heterocycles. The first-order valence-electron chi connectivity index (χ1n) is 7.06. The minimum absolute atomic E-state index is 0.0130. The lowest BCUT2D eigenvalue weighted by molar-refractivity contribution is -0.171. The quantitative estimate of drug-likeness (QED) is 0.846. The van der Waals surface area contributed by atoms with Crippen LogP contribution in [-0.4, -0.2) is 21.3 Å². The van der Waals surface area contributed by atoms with Gasteiger partial charge in [-0.05, 0) is 25.0 Å². The second kappa shape index (κ2) is 6.50. The van der Waals surface area contributed by atoms with E-state index in [9.17, 15) is 27.2 Å². The highest BCUT2D eigenvalue weighted by Gasteiger charge is 2.37. The maximum absolute atomic E-state index is 13.9. The molecule has 0 saturated heterocycles. The van der Waals surface area contributed by atoms with Gasteiger partial charge in [-0.15, -0.1) is 0 Å². The Bertz CT molecular complexity index is 821. The molecule has 0 fully saturated rings. The highest BCUT2D eigenvalue weighted by Crippen LogP contribution is 2.21. The van der Waals surface area contributed by atoms with Gasteiger partial charge >= 0.3 is 6.18 Å². The number of carbonyl (C=O) groups excluding carboxylic acids is 1. The van der Waals surface area contributed by atoms with Crippen LogP contribution in [0.15, 0.2) is 29.1 Å². The molecule has 24 heavy (non-hydrogen) atoms. The van der Waals surface area contributed by atoms with Crippen molar-refractivity contribution in [2.24, 2.45) is 7.05 Å². The van der Waals surface area contributed by atoms with Crippen molar-refractivity contribution in [1.82, 2.24) is 9.36 Å². The van der Waals surface area contributed by atoms with E-state index < -0.39 is 29.8 Å². The molecule has 0 unspecified atom stereocenters. The van der Waals surface area contributed by atoms with Gasteiger partial charge in [0.25, 0.3) is 5.56 Å². The number of alkyl halides is 3. The van der Waals surface area contributed by atoms with Crippen molar-refractivity contribution in [2.75, 3.05) is 5.73 Å². The SMILES string of the molecule is Cn1c(CCCC(=O)C(F)(F)F)c(N)c(=O)n1-c1ccccc1F. The van der Waals surface area contributed by atoms with Crippen molar-refractivity contribution in [1.29, 1.82) is 0 Å². The molecule has 1 heterocycles. The monoisotopic (exact) mass is 345 g/mol. The third-order valence-corrected chi connectivity index (χ3v) is 3.64. The first kappa shape index (κ1) is 17.8. The summed E-state index contributed by atoms with van der Waals surface area (Å²) in [7, 11) is 1.45. The summed E-state index contributed by atoms with van der Waals surface area (Å²) in [5.41, 5.74) is 5.09. The van der Waals surface area contributed by atoms with Gasteiger partial charge in [0.1, 0.15) is 17.2 Å². The smallest absolute Gasteiger partial charge is 0.393 e. The summed E-state index contributed by atoms with van der Waals surface area (Å²) in [6, 6.07) is 5.55. The van der Waals surface area contributed by atoms with Gasteiger partial charge in [0.05, 0.1) is 5.69 Å². The molecule has 0 saturated carbocycles. The Hall–Kier alpha value is -2.58. The number of aromatic nitrogens is 2. The van der Waals surface area contributed by atoms with Crippen LogP contribution < -0.4 is 11.3 Å². The number of carbonyl (C=O) groups is 1. The van der Waals surface area contributed by atoms with Crippen molar-refractivity contribution in [3.63, 3.8) is 0 Å². The fourth-order valence-electron chi connectivity index (χ4n) is 2.42. The molecule has 0 aliphatic rings. The number of para-hydroxylation sites is 1. The number of nitrogens with zero attached hydrogens (tertiary/aromatic N) is 2. The van der Waals surface area contributed by atoms with Gasteiger partial charge in [0, 0.05) is 13.5 Å². The average molecular weight is 345 g/mol. The lowest BCUT2D eigenvalue weighted by Gasteiger charge is -2.11. The standard InChI is InChI=1S/C15H15F4N3O2/c1-21-11(7-4-8-12(23)15(17,18)19)13(20)14(24)22(21)10-6-3-2-5-9(10)16/h2-3,5-6H,4,7-8,20H2,1H3. The Morgan fingerprint density at radius 1 is 1.25 bits per heavy atom. The predicted octanol–water partition coefficient (Wildman–Crippen LogP) is 2.35. The van der Waals surface area contributed by atoms with Crippen LogP contribution in [0.1, 0.15) is 18.5 Å². The average Bonchev–Trinajstić information content (AvgIpc) is 2.70. The third kappa shape index (κ3) is 3.34. The van der Waals surface area contributed by atoms with Crippen LogP contribution in [0.5, 0.6) is 0 Å². The molecule has 0 spiro atoms. The topological polar surface area (TPSA) is 70.0 Å². The summed E-state index contributed by atoms with van der Waals surface area (Å²) in [5, 5.41) is 0. The molecule has 0 aliphatic carbocycles. The van der Waals surface area contributed by atoms with Crippen molar-refractivity contribution < 1.29 is 22.4 Å². The van der Waals surface area contributed by atoms with E-state index in [1.807, 2.05) is 0 Å². The van der Waals surface area contributed by atoms with Gasteiger partial charge in [0.2, 0.25) is 5.78 Å². The minimum atomic E-state index is -4.88. The van der Waals surface area contributed by atoms with Crippen LogP contribution in [0.3, 0.4) is 0 Å². The van der Waals surface area contributed by atoms with E-state index >= 15 is 0 Å². The van der Waals surface area contributed by atoms with E-state index in [1.54, 1.807) is 0 Å². The number of ketones is 1. The summed E-state index contributed by atoms with van der Waals surface area (Å²) in [5.74, 6) is -2.47. The minimum Gasteiger partial charge on any atom is -0.393 e. The summed E-state index contributed by atoms with van der Waals surface area (Å²) in [4.78, 5) is 23.1. The van der Waals surface area contributed by atoms with Crippen LogP contribution in [0.2, 0.25) is 0 Å². The largest absolute Gasteiger partial charge is 0.449 e. The van der Waals surface area contributed by atoms with E-state index in [0.29, 0.717) is 0 Å². The van der Waals surface area contributed by atoms with Gasteiger partial charge in [-0.2, -0.15) is 13.2 Å². The molecule has 0 amide bonds. The van der Waals surface area contributed by atoms with Gasteiger partial charge in [-0.1, -0.05) is 12.1 Å². The lowest BCUT2D eigenvalue weighted by Crippen LogP contribution is -2.22. The molecule has 0 atom stereocenters. The zero-order chi connectivity index (χ0) is 18.1. The van der Waals surface area contributed by atoms with Crippen LogP contribution in [-0.2, 0) is 18.3 Å². The Morgan fingerprint density at radius 2 is 1.88 bits per heavy atom. The van der Waals surface area contributed by atoms with Crippen molar-refractivity contribution in [3.05, 3.63) is 46.1 Å². The van der Waals surface area contributed by atoms with Gasteiger partial charge < -0.3 is 5.73 Å². The summed E-state index contributed by atoms with van der Waals surface area (Å²) in [6.45, 7) is 0. The van der Waals surface area contributed by atoms with E-state index in [1.165, 1.54) is 36.0 Å². The summed E-state index contributed by atoms with van der Waals surface area (Å²) < 4.78 is 52.8. The zero-order valence-corrected chi connectivity index (χ0v) is 12.7. The Morgan fingerprint density at radius 3 is 2.46 bits per heavy atom. The summed E-state index contributed by atoms with van der Waals surface area (Å²) in [6.07, 6.45) is -5.73. The zero-order valence-electron chi connectivity index (χ0n) is 12.7. The number of halogens is 4. The number of hydrogen-bond donors (Lipinski definition) is 1. The van der Waals surface area contributed by atoms with Gasteiger partial charge in [-0.3, -0.25) is 14.3 Å². The van der Waals surface area contributed by atoms with Gasteiger partial charge in [-0.25, -0.2) is 9.07 Å². The maximum atomic E-state index is 13.9. The molecular formula is C15H15F4N3O2. The van der Waals surface area contributed by atoms with E-state index in [0.717, 1.165) is 4.68 Å². The molecule has 1 aromatic heterocycles. The van der Waals surface area contributed by atoms with E-state index in [-0.39, 0.29) is 29.9 Å². The van der Waals surface area contributed by atoms with Crippen molar-refractivity contribution in [2.45, 2.75) is 25.4 Å². The summed E-state index contributed by atoms with van der Waals surface area (Å²) >= 11 is 0. The second-order valence-corrected chi connectivity index (χ2v) is 5.23. The molecule has 2 aromatic rings. The Balaban J connectivity index is 2.28. The van der Waals surface area contributed by atoms with Crippen LogP contribution in [0.4, 0.5) is 23.2 Å². The van der Waals surface area contributed by atoms with Crippen LogP contribution >= 0.6 is 0 Å². The lowest BCUT2D eigenvalue weighted by atomic mass is 10.1. The number of nitrogens with two attached hydrogens (primary N) is 1. The van der Waals surface area contributed by atoms with Crippen LogP contribution in [0, 0.1) is 5.82 Å². The number of hydrogen-bond acceptors (Lipinski definition) is 3. The molecule has 2 N–H and O–H groups in total. The second-order valence-electron chi connectivity index (χ2n) is 5.23. The molecule has 9 heteroatoms. The fourth-order valence-corrected chi connectivity index (χ4v) is 2.42. The highest BCUT2D eigenvalue weighted by atomic mass is 19.4. The van der Waals surface area contributed by atoms with E-state index in [4.69, 9.17) is 5.73 Å². The molecule has 0 radical (unpaired) electrons. The molecule has 1 aromatic carbocycles. The Kier molecular flexibility index (Phi) is 4.81. The predicted molar refractivity (Wildman–Crippen MR) is 79.4 cm³/mol. The number of Topliss-reactive ketones (excluding diaryl/α,β-unsaturated/α-hetero) is 1. The number of nitrogen functional groups attached to an aromatic ring is 1. The van der Waals surface area contributed by atoms with Gasteiger partial charge in [0.15, 0.2) is 0 Å². The van der Waals surface area contributed by atoms with Crippen molar-refractivity contribution >= 4 is 11.5 Å². The van der Waals surface area contributed by atoms with Crippen molar-refractivity contribution in [3.8, 4) is 5.69 Å². The first-order valence-corrected chi connectivity index (χ1v) is 7.06. The normalized spacial score (nSPS) is 11.7. The Labute approximate surface area is 134 Å².